The van der Waals surface area contributed by atoms with E-state index in [1.807, 2.05) is 24.3 Å². The lowest BCUT2D eigenvalue weighted by Gasteiger charge is -2.27. The van der Waals surface area contributed by atoms with Crippen LogP contribution in [0.2, 0.25) is 0 Å². The summed E-state index contributed by atoms with van der Waals surface area (Å²) >= 11 is 2.73. The van der Waals surface area contributed by atoms with Gasteiger partial charge in [-0.3, -0.25) is 19.3 Å². The summed E-state index contributed by atoms with van der Waals surface area (Å²) in [6.45, 7) is 6.02. The first-order chi connectivity index (χ1) is 27.6. The molecule has 11 nitrogen and oxygen atoms in total. The smallest absolute Gasteiger partial charge is 0.341 e. The highest BCUT2D eigenvalue weighted by Crippen LogP contribution is 2.39. The van der Waals surface area contributed by atoms with Gasteiger partial charge in [0.15, 0.2) is 11.5 Å². The number of amides is 3. The molecular formula is C44H44N4O7S2. The number of carbonyl (C=O) groups excluding carboxylic acids is 4. The second kappa shape index (κ2) is 19.3. The second-order valence-corrected chi connectivity index (χ2v) is 15.6. The summed E-state index contributed by atoms with van der Waals surface area (Å²) in [5.41, 5.74) is 4.02. The van der Waals surface area contributed by atoms with Crippen molar-refractivity contribution in [1.29, 1.82) is 0 Å². The van der Waals surface area contributed by atoms with E-state index in [0.717, 1.165) is 28.4 Å². The highest BCUT2D eigenvalue weighted by molar-refractivity contribution is 8.00. The van der Waals surface area contributed by atoms with Gasteiger partial charge < -0.3 is 30.2 Å². The van der Waals surface area contributed by atoms with E-state index >= 15 is 0 Å². The van der Waals surface area contributed by atoms with Crippen LogP contribution in [0.25, 0.3) is 6.08 Å². The number of anilines is 2. The molecule has 57 heavy (non-hydrogen) atoms. The number of ether oxygens (including phenoxy) is 3. The summed E-state index contributed by atoms with van der Waals surface area (Å²) < 4.78 is 16.2. The zero-order valence-electron chi connectivity index (χ0n) is 32.1. The lowest BCUT2D eigenvalue weighted by molar-refractivity contribution is -0.115. The van der Waals surface area contributed by atoms with Gasteiger partial charge in [0.2, 0.25) is 5.91 Å². The van der Waals surface area contributed by atoms with Gasteiger partial charge in [-0.05, 0) is 85.5 Å². The van der Waals surface area contributed by atoms with Crippen molar-refractivity contribution in [2.24, 2.45) is 0 Å². The van der Waals surface area contributed by atoms with Crippen molar-refractivity contribution in [3.05, 3.63) is 142 Å². The van der Waals surface area contributed by atoms with Crippen LogP contribution in [-0.2, 0) is 33.8 Å². The lowest BCUT2D eigenvalue weighted by Crippen LogP contribution is -2.30. The standard InChI is InChI=1S/C44H44N4O7S2/c1-5-55-44(52)39-34-21-22-48(26-29-13-8-6-9-14-29)27-38(34)57-43(39)47-40(49)28(2)56-33-18-12-17-32(25-33)45-42(51)35(46-41(50)31-15-10-7-11-16-31)23-30-19-20-36(53-3)37(24-30)54-4/h6-20,23-25,28H,5,21-22,26-27H2,1-4H3,(H,45,51)(H,46,50)(H,47,49)/b35-23+. The minimum Gasteiger partial charge on any atom is -0.493 e. The first-order valence-electron chi connectivity index (χ1n) is 18.4. The molecule has 0 aliphatic carbocycles. The molecule has 294 valence electrons. The molecule has 2 heterocycles. The number of carbonyl (C=O) groups is 4. The molecular weight excluding hydrogens is 761 g/mol. The Labute approximate surface area is 340 Å². The summed E-state index contributed by atoms with van der Waals surface area (Å²) in [5, 5.41) is 8.59. The number of hydrogen-bond donors (Lipinski definition) is 3. The molecule has 0 spiro atoms. The number of rotatable bonds is 15. The Kier molecular flexibility index (Phi) is 13.8. The minimum absolute atomic E-state index is 0.00103. The average Bonchev–Trinajstić information content (AvgIpc) is 3.58. The number of methoxy groups -OCH3 is 2. The molecule has 1 atom stereocenters. The number of esters is 1. The number of thioether (sulfide) groups is 1. The van der Waals surface area contributed by atoms with Crippen LogP contribution in [0.5, 0.6) is 11.5 Å². The molecule has 0 saturated carbocycles. The lowest BCUT2D eigenvalue weighted by atomic mass is 10.0. The van der Waals surface area contributed by atoms with Crippen LogP contribution in [0.3, 0.4) is 0 Å². The van der Waals surface area contributed by atoms with E-state index in [9.17, 15) is 19.2 Å². The van der Waals surface area contributed by atoms with Crippen molar-refractivity contribution in [2.75, 3.05) is 38.0 Å². The predicted octanol–water partition coefficient (Wildman–Crippen LogP) is 8.03. The van der Waals surface area contributed by atoms with E-state index in [1.54, 1.807) is 86.7 Å². The maximum absolute atomic E-state index is 13.8. The summed E-state index contributed by atoms with van der Waals surface area (Å²) in [6, 6.07) is 31.1. The molecule has 1 aliphatic rings. The molecule has 3 amide bonds. The van der Waals surface area contributed by atoms with Crippen LogP contribution in [-0.4, -0.2) is 61.2 Å². The molecule has 5 aromatic rings. The Bertz CT molecular complexity index is 2260. The molecule has 0 radical (unpaired) electrons. The zero-order valence-corrected chi connectivity index (χ0v) is 33.8. The first kappa shape index (κ1) is 40.8. The maximum Gasteiger partial charge on any atom is 0.341 e. The van der Waals surface area contributed by atoms with Crippen LogP contribution in [0.1, 0.15) is 56.1 Å². The third-order valence-electron chi connectivity index (χ3n) is 9.12. The van der Waals surface area contributed by atoms with Crippen LogP contribution < -0.4 is 25.4 Å². The van der Waals surface area contributed by atoms with Gasteiger partial charge in [0.25, 0.3) is 11.8 Å². The minimum atomic E-state index is -0.564. The highest BCUT2D eigenvalue weighted by Gasteiger charge is 2.30. The molecule has 0 fully saturated rings. The van der Waals surface area contributed by atoms with E-state index in [4.69, 9.17) is 14.2 Å². The van der Waals surface area contributed by atoms with Gasteiger partial charge in [-0.15, -0.1) is 23.1 Å². The number of nitrogens with one attached hydrogen (secondary N) is 3. The summed E-state index contributed by atoms with van der Waals surface area (Å²) in [7, 11) is 3.05. The van der Waals surface area contributed by atoms with Crippen LogP contribution in [0.4, 0.5) is 10.7 Å². The monoisotopic (exact) mass is 804 g/mol. The van der Waals surface area contributed by atoms with Crippen molar-refractivity contribution in [3.63, 3.8) is 0 Å². The normalized spacial score (nSPS) is 13.2. The number of fused-ring (bicyclic) bond motifs is 1. The fourth-order valence-corrected chi connectivity index (χ4v) is 8.52. The van der Waals surface area contributed by atoms with Crippen molar-refractivity contribution in [2.45, 2.75) is 43.5 Å². The quantitative estimate of drug-likeness (QED) is 0.0546. The predicted molar refractivity (Wildman–Crippen MR) is 225 cm³/mol. The van der Waals surface area contributed by atoms with Gasteiger partial charge in [0.1, 0.15) is 10.7 Å². The Balaban J connectivity index is 1.16. The van der Waals surface area contributed by atoms with Crippen molar-refractivity contribution < 1.29 is 33.4 Å². The maximum atomic E-state index is 13.8. The molecule has 3 N–H and O–H groups in total. The van der Waals surface area contributed by atoms with Crippen molar-refractivity contribution >= 4 is 63.6 Å². The van der Waals surface area contributed by atoms with E-state index in [2.05, 4.69) is 33.0 Å². The number of hydrogen-bond acceptors (Lipinski definition) is 10. The molecule has 6 rings (SSSR count). The van der Waals surface area contributed by atoms with Gasteiger partial charge in [-0.1, -0.05) is 60.7 Å². The Hall–Kier alpha value is -5.89. The Morgan fingerprint density at radius 1 is 0.877 bits per heavy atom. The SMILES string of the molecule is CCOC(=O)c1c(NC(=O)C(C)Sc2cccc(NC(=O)/C(=C\c3ccc(OC)c(OC)c3)NC(=O)c3ccccc3)c2)sc2c1CCN(Cc1ccccc1)C2. The number of nitrogens with zero attached hydrogens (tertiary/aromatic N) is 1. The molecule has 4 aromatic carbocycles. The van der Waals surface area contributed by atoms with Crippen molar-refractivity contribution in [1.82, 2.24) is 10.2 Å². The molecule has 1 aliphatic heterocycles. The van der Waals surface area contributed by atoms with E-state index in [1.165, 1.54) is 42.9 Å². The van der Waals surface area contributed by atoms with Crippen LogP contribution in [0.15, 0.2) is 114 Å². The highest BCUT2D eigenvalue weighted by atomic mass is 32.2. The van der Waals surface area contributed by atoms with Gasteiger partial charge in [-0.25, -0.2) is 4.79 Å². The average molecular weight is 805 g/mol. The topological polar surface area (TPSA) is 135 Å². The molecule has 13 heteroatoms. The second-order valence-electron chi connectivity index (χ2n) is 13.1. The fraction of sp³-hybridized carbons (Fsp3) is 0.227. The van der Waals surface area contributed by atoms with Crippen molar-refractivity contribution in [3.8, 4) is 11.5 Å². The number of thiophene rings is 1. The first-order valence-corrected chi connectivity index (χ1v) is 20.1. The summed E-state index contributed by atoms with van der Waals surface area (Å²) in [5.74, 6) is -0.745. The summed E-state index contributed by atoms with van der Waals surface area (Å²) in [4.78, 5) is 58.0. The summed E-state index contributed by atoms with van der Waals surface area (Å²) in [6.07, 6.45) is 2.23. The number of benzene rings is 4. The Morgan fingerprint density at radius 2 is 1.61 bits per heavy atom. The largest absolute Gasteiger partial charge is 0.493 e. The Morgan fingerprint density at radius 3 is 2.33 bits per heavy atom. The molecule has 1 unspecified atom stereocenters. The molecule has 0 bridgehead atoms. The van der Waals surface area contributed by atoms with Crippen LogP contribution in [0, 0.1) is 0 Å². The fourth-order valence-electron chi connectivity index (χ4n) is 6.31. The van der Waals surface area contributed by atoms with E-state index < -0.39 is 23.0 Å². The molecule has 1 aromatic heterocycles. The van der Waals surface area contributed by atoms with Gasteiger partial charge >= 0.3 is 5.97 Å². The van der Waals surface area contributed by atoms with E-state index in [0.29, 0.717) is 51.8 Å². The zero-order chi connectivity index (χ0) is 40.3. The molecule has 0 saturated heterocycles. The van der Waals surface area contributed by atoms with Gasteiger partial charge in [0.05, 0.1) is 31.6 Å². The third-order valence-corrected chi connectivity index (χ3v) is 11.3. The third kappa shape index (κ3) is 10.5. The van der Waals surface area contributed by atoms with Gasteiger partial charge in [-0.2, -0.15) is 0 Å². The van der Waals surface area contributed by atoms with E-state index in [-0.39, 0.29) is 18.2 Å². The van der Waals surface area contributed by atoms with Gasteiger partial charge in [0, 0.05) is 40.7 Å². The van der Waals surface area contributed by atoms with Crippen LogP contribution >= 0.6 is 23.1 Å².